The topological polar surface area (TPSA) is 37.4 Å². The van der Waals surface area contributed by atoms with Crippen molar-refractivity contribution in [1.29, 1.82) is 0 Å². The van der Waals surface area contributed by atoms with Crippen molar-refractivity contribution in [3.8, 4) is 0 Å². The minimum Gasteiger partial charge on any atom is -0.310 e. The minimum atomic E-state index is -0.213. The first-order valence-corrected chi connectivity index (χ1v) is 16.5. The van der Waals surface area contributed by atoms with Crippen LogP contribution < -0.4 is 4.90 Å². The number of ketones is 2. The molecule has 0 saturated heterocycles. The van der Waals surface area contributed by atoms with Gasteiger partial charge in [0.2, 0.25) is 0 Å². The van der Waals surface area contributed by atoms with Gasteiger partial charge in [0.25, 0.3) is 0 Å². The van der Waals surface area contributed by atoms with Crippen molar-refractivity contribution in [2.45, 2.75) is 0 Å². The lowest BCUT2D eigenvalue weighted by Gasteiger charge is -2.27. The monoisotopic (exact) mass is 625 g/mol. The summed E-state index contributed by atoms with van der Waals surface area (Å²) < 4.78 is 0. The highest BCUT2D eigenvalue weighted by atomic mass is 16.2. The zero-order valence-corrected chi connectivity index (χ0v) is 26.4. The molecule has 10 rings (SSSR count). The van der Waals surface area contributed by atoms with E-state index in [-0.39, 0.29) is 17.1 Å². The third-order valence-corrected chi connectivity index (χ3v) is 10.0. The lowest BCUT2D eigenvalue weighted by atomic mass is 9.88. The second-order valence-electron chi connectivity index (χ2n) is 12.8. The number of anilines is 3. The first-order chi connectivity index (χ1) is 24.1. The molecule has 9 aromatic carbocycles. The molecular weight excluding hydrogens is 599 g/mol. The van der Waals surface area contributed by atoms with E-state index in [9.17, 15) is 9.59 Å². The van der Waals surface area contributed by atoms with E-state index in [1.807, 2.05) is 48.5 Å². The molecule has 0 unspecified atom stereocenters. The van der Waals surface area contributed by atoms with Crippen LogP contribution in [-0.2, 0) is 0 Å². The number of nitrogens with zero attached hydrogens (tertiary/aromatic N) is 1. The van der Waals surface area contributed by atoms with E-state index < -0.39 is 0 Å². The van der Waals surface area contributed by atoms with Gasteiger partial charge in [-0.2, -0.15) is 0 Å². The zero-order chi connectivity index (χ0) is 32.6. The van der Waals surface area contributed by atoms with Crippen LogP contribution in [0.5, 0.6) is 0 Å². The molecule has 228 valence electrons. The van der Waals surface area contributed by atoms with Crippen molar-refractivity contribution < 1.29 is 9.59 Å². The summed E-state index contributed by atoms with van der Waals surface area (Å²) in [5.41, 5.74) is 5.29. The highest BCUT2D eigenvalue weighted by Gasteiger charge is 2.33. The van der Waals surface area contributed by atoms with Gasteiger partial charge in [-0.1, -0.05) is 97.1 Å². The average Bonchev–Trinajstić information content (AvgIpc) is 3.37. The Morgan fingerprint density at radius 1 is 0.388 bits per heavy atom. The lowest BCUT2D eigenvalue weighted by Crippen LogP contribution is -2.09. The van der Waals surface area contributed by atoms with E-state index in [1.165, 1.54) is 21.5 Å². The fourth-order valence-electron chi connectivity index (χ4n) is 7.86. The Bertz CT molecular complexity index is 2760. The number of fused-ring (bicyclic) bond motifs is 4. The molecule has 0 bridgehead atoms. The molecule has 9 aromatic rings. The molecule has 0 atom stereocenters. The van der Waals surface area contributed by atoms with Gasteiger partial charge in [-0.3, -0.25) is 9.59 Å². The molecule has 0 amide bonds. The molecule has 0 aliphatic heterocycles. The molecule has 1 aliphatic carbocycles. The van der Waals surface area contributed by atoms with Crippen LogP contribution in [-0.4, -0.2) is 11.6 Å². The molecule has 0 heterocycles. The van der Waals surface area contributed by atoms with Gasteiger partial charge in [0.1, 0.15) is 0 Å². The van der Waals surface area contributed by atoms with E-state index >= 15 is 0 Å². The first kappa shape index (κ1) is 27.5. The van der Waals surface area contributed by atoms with Crippen LogP contribution in [0.4, 0.5) is 17.1 Å². The number of benzene rings is 9. The highest BCUT2D eigenvalue weighted by Crippen LogP contribution is 2.45. The Balaban J connectivity index is 1.19. The molecule has 0 fully saturated rings. The van der Waals surface area contributed by atoms with Crippen LogP contribution >= 0.6 is 0 Å². The normalized spacial score (nSPS) is 12.9. The van der Waals surface area contributed by atoms with Crippen LogP contribution in [0.2, 0.25) is 0 Å². The second kappa shape index (κ2) is 10.5. The maximum atomic E-state index is 13.7. The molecule has 1 aliphatic rings. The number of para-hydroxylation sites is 2. The van der Waals surface area contributed by atoms with E-state index in [0.717, 1.165) is 54.9 Å². The summed E-state index contributed by atoms with van der Waals surface area (Å²) in [5, 5.41) is 11.1. The van der Waals surface area contributed by atoms with E-state index in [2.05, 4.69) is 114 Å². The molecule has 0 saturated carbocycles. The van der Waals surface area contributed by atoms with Crippen molar-refractivity contribution in [2.75, 3.05) is 4.90 Å². The van der Waals surface area contributed by atoms with E-state index in [1.54, 1.807) is 6.08 Å². The van der Waals surface area contributed by atoms with Gasteiger partial charge in [0.15, 0.2) is 11.6 Å². The molecule has 0 N–H and O–H groups in total. The fraction of sp³-hybridized carbons (Fsp3) is 0. The summed E-state index contributed by atoms with van der Waals surface area (Å²) >= 11 is 0. The largest absolute Gasteiger partial charge is 0.310 e. The SMILES string of the molecule is O=C1C(=Cc2cc3cccc4c5cc(N(c6ccccc6)c6ccccc6)cc6cccc(c(c2)c34)c65)C(=O)c2cc3ccccc3cc21. The molecule has 0 spiro atoms. The summed E-state index contributed by atoms with van der Waals surface area (Å²) in [4.78, 5) is 29.6. The smallest absolute Gasteiger partial charge is 0.197 e. The van der Waals surface area contributed by atoms with Gasteiger partial charge in [0, 0.05) is 28.2 Å². The Morgan fingerprint density at radius 3 is 1.45 bits per heavy atom. The number of carbonyl (C=O) groups excluding carboxylic acids is 2. The van der Waals surface area contributed by atoms with Gasteiger partial charge >= 0.3 is 0 Å². The number of hydrogen-bond acceptors (Lipinski definition) is 3. The quantitative estimate of drug-likeness (QED) is 0.0845. The average molecular weight is 626 g/mol. The summed E-state index contributed by atoms with van der Waals surface area (Å²) in [6.45, 7) is 0. The Morgan fingerprint density at radius 2 is 0.878 bits per heavy atom. The van der Waals surface area contributed by atoms with Crippen LogP contribution in [0.3, 0.4) is 0 Å². The van der Waals surface area contributed by atoms with E-state index in [0.29, 0.717) is 11.1 Å². The predicted octanol–water partition coefficient (Wildman–Crippen LogP) is 11.8. The molecule has 0 aromatic heterocycles. The Labute approximate surface area is 282 Å². The standard InChI is InChI=1S/C46H27NO2/c48-45-40-25-29-11-7-8-12-30(29)26-41(40)46(49)42(45)23-28-21-31-13-9-20-37-39-27-35(24-32-14-10-19-36(44(32)39)38(22-28)43(31)37)47(33-15-3-1-4-16-33)34-17-5-2-6-18-34/h1-27H. The van der Waals surface area contributed by atoms with Crippen LogP contribution in [0.1, 0.15) is 26.3 Å². The lowest BCUT2D eigenvalue weighted by molar-refractivity contribution is 0.0990. The summed E-state index contributed by atoms with van der Waals surface area (Å²) in [6.07, 6.45) is 1.79. The number of allylic oxidation sites excluding steroid dienone is 1. The number of carbonyl (C=O) groups is 2. The molecule has 3 heteroatoms. The fourth-order valence-corrected chi connectivity index (χ4v) is 7.86. The summed E-state index contributed by atoms with van der Waals surface area (Å²) in [7, 11) is 0. The van der Waals surface area contributed by atoms with Gasteiger partial charge in [0.05, 0.1) is 5.57 Å². The second-order valence-corrected chi connectivity index (χ2v) is 12.8. The summed E-state index contributed by atoms with van der Waals surface area (Å²) in [5.74, 6) is -0.427. The van der Waals surface area contributed by atoms with Crippen molar-refractivity contribution in [2.24, 2.45) is 0 Å². The summed E-state index contributed by atoms with van der Waals surface area (Å²) in [6, 6.07) is 54.3. The maximum absolute atomic E-state index is 13.7. The van der Waals surface area contributed by atoms with Gasteiger partial charge in [-0.25, -0.2) is 0 Å². The number of Topliss-reactive ketones (excluding diaryl/α,β-unsaturated/α-hetero) is 2. The van der Waals surface area contributed by atoms with Gasteiger partial charge in [-0.15, -0.1) is 0 Å². The Hall–Kier alpha value is -6.58. The van der Waals surface area contributed by atoms with Crippen molar-refractivity contribution in [3.05, 3.63) is 180 Å². The number of rotatable bonds is 4. The molecule has 3 nitrogen and oxygen atoms in total. The van der Waals surface area contributed by atoms with Crippen LogP contribution in [0.15, 0.2) is 163 Å². The molecule has 0 radical (unpaired) electrons. The third-order valence-electron chi connectivity index (χ3n) is 10.0. The van der Waals surface area contributed by atoms with Crippen molar-refractivity contribution >= 4 is 88.6 Å². The minimum absolute atomic E-state index is 0.213. The third kappa shape index (κ3) is 4.16. The van der Waals surface area contributed by atoms with E-state index in [4.69, 9.17) is 0 Å². The van der Waals surface area contributed by atoms with Gasteiger partial charge < -0.3 is 4.90 Å². The first-order valence-electron chi connectivity index (χ1n) is 16.5. The molecular formula is C46H27NO2. The molecule has 49 heavy (non-hydrogen) atoms. The maximum Gasteiger partial charge on any atom is 0.197 e. The highest BCUT2D eigenvalue weighted by molar-refractivity contribution is 6.42. The Kier molecular flexibility index (Phi) is 5.88. The van der Waals surface area contributed by atoms with Crippen molar-refractivity contribution in [3.63, 3.8) is 0 Å². The number of hydrogen-bond donors (Lipinski definition) is 0. The van der Waals surface area contributed by atoms with Crippen LogP contribution in [0.25, 0.3) is 59.9 Å². The zero-order valence-electron chi connectivity index (χ0n) is 26.4. The van der Waals surface area contributed by atoms with Gasteiger partial charge in [-0.05, 0) is 126 Å². The predicted molar refractivity (Wildman–Crippen MR) is 203 cm³/mol. The van der Waals surface area contributed by atoms with Crippen LogP contribution in [0, 0.1) is 0 Å². The van der Waals surface area contributed by atoms with Crippen molar-refractivity contribution in [1.82, 2.24) is 0 Å².